The van der Waals surface area contributed by atoms with E-state index in [1.54, 1.807) is 6.92 Å². The summed E-state index contributed by atoms with van der Waals surface area (Å²) < 4.78 is 25.3. The zero-order valence-corrected chi connectivity index (χ0v) is 9.43. The Morgan fingerprint density at radius 2 is 2.07 bits per heavy atom. The second-order valence-electron chi connectivity index (χ2n) is 2.44. The lowest BCUT2D eigenvalue weighted by Gasteiger charge is -2.01. The van der Waals surface area contributed by atoms with Crippen LogP contribution in [-0.4, -0.2) is 24.9 Å². The van der Waals surface area contributed by atoms with E-state index in [9.17, 15) is 8.42 Å². The normalized spacial score (nSPS) is 10.5. The zero-order chi connectivity index (χ0) is 11.3. The first-order valence-electron chi connectivity index (χ1n) is 3.93. The number of hydrogen-bond acceptors (Lipinski definition) is 4. The van der Waals surface area contributed by atoms with Crippen molar-refractivity contribution in [3.8, 4) is 11.8 Å². The van der Waals surface area contributed by atoms with Crippen LogP contribution >= 0.6 is 11.6 Å². The molecule has 0 atom stereocenters. The minimum absolute atomic E-state index is 0.00213. The van der Waals surface area contributed by atoms with Gasteiger partial charge in [-0.15, -0.1) is 5.92 Å². The van der Waals surface area contributed by atoms with Crippen molar-refractivity contribution in [3.05, 3.63) is 17.7 Å². The summed E-state index contributed by atoms with van der Waals surface area (Å²) in [5.74, 6) is 5.15. The Labute approximate surface area is 92.9 Å². The molecule has 0 spiro atoms. The van der Waals surface area contributed by atoms with Gasteiger partial charge in [-0.1, -0.05) is 5.92 Å². The van der Waals surface area contributed by atoms with Gasteiger partial charge in [0.05, 0.1) is 18.9 Å². The van der Waals surface area contributed by atoms with E-state index in [-0.39, 0.29) is 16.7 Å². The summed E-state index contributed by atoms with van der Waals surface area (Å²) in [6.07, 6.45) is 2.27. The maximum absolute atomic E-state index is 11.5. The molecule has 80 valence electrons. The van der Waals surface area contributed by atoms with Gasteiger partial charge < -0.3 is 0 Å². The van der Waals surface area contributed by atoms with Crippen LogP contribution in [0.4, 0.5) is 0 Å². The Hall–Kier alpha value is -1.16. The van der Waals surface area contributed by atoms with Crippen molar-refractivity contribution in [1.29, 1.82) is 0 Å². The molecule has 7 heteroatoms. The number of nitrogens with zero attached hydrogens (tertiary/aromatic N) is 2. The quantitative estimate of drug-likeness (QED) is 0.619. The van der Waals surface area contributed by atoms with E-state index in [0.29, 0.717) is 0 Å². The van der Waals surface area contributed by atoms with Gasteiger partial charge in [-0.25, -0.2) is 18.4 Å². The van der Waals surface area contributed by atoms with Crippen LogP contribution in [0, 0.1) is 11.8 Å². The largest absolute Gasteiger partial charge is 0.244 e. The van der Waals surface area contributed by atoms with Crippen molar-refractivity contribution in [2.24, 2.45) is 0 Å². The van der Waals surface area contributed by atoms with E-state index < -0.39 is 10.0 Å². The highest BCUT2D eigenvalue weighted by Crippen LogP contribution is 2.06. The van der Waals surface area contributed by atoms with Gasteiger partial charge in [-0.05, 0) is 18.5 Å². The Balaban J connectivity index is 2.85. The topological polar surface area (TPSA) is 72.0 Å². The van der Waals surface area contributed by atoms with Gasteiger partial charge in [0.15, 0.2) is 0 Å². The van der Waals surface area contributed by atoms with Crippen LogP contribution in [0.1, 0.15) is 6.92 Å². The molecular weight excluding hydrogens is 238 g/mol. The summed E-state index contributed by atoms with van der Waals surface area (Å²) in [6, 6.07) is 0. The average molecular weight is 246 g/mol. The maximum Gasteiger partial charge on any atom is 0.244 e. The van der Waals surface area contributed by atoms with E-state index in [0.717, 1.165) is 12.4 Å². The number of rotatable bonds is 3. The molecule has 1 heterocycles. The average Bonchev–Trinajstić information content (AvgIpc) is 2.18. The highest BCUT2D eigenvalue weighted by atomic mass is 35.5. The molecule has 1 aromatic heterocycles. The molecular formula is C8H8ClN3O2S. The molecule has 0 aromatic carbocycles. The van der Waals surface area contributed by atoms with Crippen LogP contribution < -0.4 is 4.72 Å². The Morgan fingerprint density at radius 1 is 1.47 bits per heavy atom. The molecule has 0 fully saturated rings. The molecule has 0 bridgehead atoms. The monoisotopic (exact) mass is 245 g/mol. The summed E-state index contributed by atoms with van der Waals surface area (Å²) in [5, 5.41) is 0.00213. The lowest BCUT2D eigenvalue weighted by atomic mass is 10.6. The number of halogens is 1. The van der Waals surface area contributed by atoms with Crippen LogP contribution in [-0.2, 0) is 10.0 Å². The summed E-state index contributed by atoms with van der Waals surface area (Å²) >= 11 is 5.43. The fourth-order valence-electron chi connectivity index (χ4n) is 0.742. The lowest BCUT2D eigenvalue weighted by molar-refractivity contribution is 0.585. The van der Waals surface area contributed by atoms with Gasteiger partial charge in [-0.3, -0.25) is 0 Å². The predicted molar refractivity (Wildman–Crippen MR) is 55.7 cm³/mol. The molecule has 0 aliphatic rings. The molecule has 15 heavy (non-hydrogen) atoms. The highest BCUT2D eigenvalue weighted by molar-refractivity contribution is 7.89. The SMILES string of the molecule is CC#CCNS(=O)(=O)c1cnc(Cl)nc1. The number of aromatic nitrogens is 2. The smallest absolute Gasteiger partial charge is 0.225 e. The summed E-state index contributed by atoms with van der Waals surface area (Å²) in [4.78, 5) is 7.11. The summed E-state index contributed by atoms with van der Waals surface area (Å²) in [7, 11) is -3.59. The molecule has 1 rings (SSSR count). The first-order valence-corrected chi connectivity index (χ1v) is 5.79. The molecule has 1 N–H and O–H groups in total. The molecule has 0 amide bonds. The van der Waals surface area contributed by atoms with Gasteiger partial charge in [0.2, 0.25) is 15.3 Å². The lowest BCUT2D eigenvalue weighted by Crippen LogP contribution is -2.24. The van der Waals surface area contributed by atoms with Crippen molar-refractivity contribution < 1.29 is 8.42 Å². The van der Waals surface area contributed by atoms with E-state index in [4.69, 9.17) is 11.6 Å². The Bertz CT molecular complexity index is 487. The van der Waals surface area contributed by atoms with Crippen LogP contribution in [0.15, 0.2) is 17.3 Å². The maximum atomic E-state index is 11.5. The molecule has 0 aliphatic carbocycles. The van der Waals surface area contributed by atoms with Crippen LogP contribution in [0.5, 0.6) is 0 Å². The highest BCUT2D eigenvalue weighted by Gasteiger charge is 2.13. The molecule has 5 nitrogen and oxygen atoms in total. The second kappa shape index (κ2) is 5.07. The van der Waals surface area contributed by atoms with E-state index in [1.165, 1.54) is 0 Å². The fourth-order valence-corrected chi connectivity index (χ4v) is 1.65. The third-order valence-electron chi connectivity index (χ3n) is 1.43. The Morgan fingerprint density at radius 3 is 2.60 bits per heavy atom. The van der Waals surface area contributed by atoms with E-state index in [2.05, 4.69) is 26.5 Å². The molecule has 0 saturated heterocycles. The molecule has 0 unspecified atom stereocenters. The van der Waals surface area contributed by atoms with Gasteiger partial charge in [-0.2, -0.15) is 4.72 Å². The van der Waals surface area contributed by atoms with Crippen molar-refractivity contribution in [2.45, 2.75) is 11.8 Å². The zero-order valence-electron chi connectivity index (χ0n) is 7.86. The minimum atomic E-state index is -3.59. The van der Waals surface area contributed by atoms with Crippen molar-refractivity contribution in [1.82, 2.24) is 14.7 Å². The van der Waals surface area contributed by atoms with Crippen molar-refractivity contribution in [2.75, 3.05) is 6.54 Å². The molecule has 0 saturated carbocycles. The number of hydrogen-bond donors (Lipinski definition) is 1. The van der Waals surface area contributed by atoms with Crippen LogP contribution in [0.2, 0.25) is 5.28 Å². The van der Waals surface area contributed by atoms with Gasteiger partial charge in [0.1, 0.15) is 4.90 Å². The van der Waals surface area contributed by atoms with Crippen molar-refractivity contribution >= 4 is 21.6 Å². The van der Waals surface area contributed by atoms with Crippen LogP contribution in [0.25, 0.3) is 0 Å². The first-order chi connectivity index (χ1) is 7.06. The van der Waals surface area contributed by atoms with Gasteiger partial charge in [0.25, 0.3) is 0 Å². The van der Waals surface area contributed by atoms with Gasteiger partial charge >= 0.3 is 0 Å². The van der Waals surface area contributed by atoms with Crippen LogP contribution in [0.3, 0.4) is 0 Å². The standard InChI is InChI=1S/C8H8ClN3O2S/c1-2-3-4-12-15(13,14)7-5-10-8(9)11-6-7/h5-6,12H,4H2,1H3. The van der Waals surface area contributed by atoms with Gasteiger partial charge in [0, 0.05) is 0 Å². The molecule has 1 aromatic rings. The Kier molecular flexibility index (Phi) is 4.03. The third kappa shape index (κ3) is 3.47. The minimum Gasteiger partial charge on any atom is -0.225 e. The predicted octanol–water partition coefficient (Wildman–Crippen LogP) is 0.432. The summed E-state index contributed by atoms with van der Waals surface area (Å²) in [5.41, 5.74) is 0. The van der Waals surface area contributed by atoms with E-state index >= 15 is 0 Å². The number of nitrogens with one attached hydrogen (secondary N) is 1. The molecule has 0 aliphatic heterocycles. The fraction of sp³-hybridized carbons (Fsp3) is 0.250. The first kappa shape index (κ1) is 11.9. The second-order valence-corrected chi connectivity index (χ2v) is 4.54. The number of sulfonamides is 1. The third-order valence-corrected chi connectivity index (χ3v) is 2.99. The van der Waals surface area contributed by atoms with Crippen molar-refractivity contribution in [3.63, 3.8) is 0 Å². The van der Waals surface area contributed by atoms with E-state index in [1.807, 2.05) is 0 Å². The summed E-state index contributed by atoms with van der Waals surface area (Å²) in [6.45, 7) is 1.68. The molecule has 0 radical (unpaired) electrons.